The van der Waals surface area contributed by atoms with E-state index in [4.69, 9.17) is 5.73 Å². The fourth-order valence-corrected chi connectivity index (χ4v) is 5.77. The molecule has 4 saturated carbocycles. The van der Waals surface area contributed by atoms with Gasteiger partial charge in [-0.2, -0.15) is 0 Å². The molecular weight excluding hydrogens is 246 g/mol. The fraction of sp³-hybridized carbons (Fsp3) is 0.588. The van der Waals surface area contributed by atoms with E-state index in [-0.39, 0.29) is 0 Å². The molecule has 0 radical (unpaired) electrons. The average Bonchev–Trinajstić information content (AvgIpc) is 2.80. The molecule has 2 N–H and O–H groups in total. The lowest BCUT2D eigenvalue weighted by molar-refractivity contribution is -0.0410. The van der Waals surface area contributed by atoms with E-state index in [0.717, 1.165) is 29.0 Å². The van der Waals surface area contributed by atoms with Gasteiger partial charge in [-0.25, -0.2) is 4.98 Å². The number of benzene rings is 1. The van der Waals surface area contributed by atoms with E-state index in [1.807, 2.05) is 12.1 Å². The summed E-state index contributed by atoms with van der Waals surface area (Å²) in [5.41, 5.74) is 9.40. The summed E-state index contributed by atoms with van der Waals surface area (Å²) in [6.45, 7) is 0. The summed E-state index contributed by atoms with van der Waals surface area (Å²) in [7, 11) is 0. The van der Waals surface area contributed by atoms with Crippen molar-refractivity contribution in [2.45, 2.75) is 44.1 Å². The van der Waals surface area contributed by atoms with Gasteiger partial charge in [0.1, 0.15) is 0 Å². The molecule has 20 heavy (non-hydrogen) atoms. The highest BCUT2D eigenvalue weighted by Crippen LogP contribution is 2.59. The van der Waals surface area contributed by atoms with Gasteiger partial charge in [-0.1, -0.05) is 0 Å². The highest BCUT2D eigenvalue weighted by molar-refractivity contribution is 5.79. The van der Waals surface area contributed by atoms with Gasteiger partial charge in [0, 0.05) is 11.2 Å². The number of anilines is 1. The number of nitrogen functional groups attached to an aromatic ring is 1. The maximum Gasteiger partial charge on any atom is 0.0963 e. The zero-order valence-electron chi connectivity index (χ0n) is 11.8. The molecule has 0 atom stereocenters. The smallest absolute Gasteiger partial charge is 0.0963 e. The monoisotopic (exact) mass is 267 g/mol. The Bertz CT molecular complexity index is 649. The molecule has 1 aromatic carbocycles. The van der Waals surface area contributed by atoms with Crippen molar-refractivity contribution in [1.82, 2.24) is 9.55 Å². The van der Waals surface area contributed by atoms with Crippen molar-refractivity contribution in [2.75, 3.05) is 5.73 Å². The number of hydrogen-bond donors (Lipinski definition) is 1. The third kappa shape index (κ3) is 1.38. The summed E-state index contributed by atoms with van der Waals surface area (Å²) in [4.78, 5) is 4.62. The van der Waals surface area contributed by atoms with E-state index < -0.39 is 0 Å². The standard InChI is InChI=1S/C17H21N3/c18-14-1-2-16-15(6-14)19-10-20(16)17-7-11-3-12(8-17)5-13(4-11)9-17/h1-2,6,10-13H,3-5,7-9,18H2. The van der Waals surface area contributed by atoms with E-state index >= 15 is 0 Å². The van der Waals surface area contributed by atoms with Crippen LogP contribution in [0.2, 0.25) is 0 Å². The highest BCUT2D eigenvalue weighted by atomic mass is 15.1. The largest absolute Gasteiger partial charge is 0.399 e. The summed E-state index contributed by atoms with van der Waals surface area (Å²) in [6.07, 6.45) is 10.6. The SMILES string of the molecule is Nc1ccc2c(c1)ncn2C12CC3CC(CC(C3)C1)C2. The second kappa shape index (κ2) is 3.57. The number of nitrogens with zero attached hydrogens (tertiary/aromatic N) is 2. The van der Waals surface area contributed by atoms with Gasteiger partial charge in [0.2, 0.25) is 0 Å². The lowest BCUT2D eigenvalue weighted by Crippen LogP contribution is -2.51. The molecule has 1 aromatic heterocycles. The quantitative estimate of drug-likeness (QED) is 0.803. The van der Waals surface area contributed by atoms with Gasteiger partial charge in [0.15, 0.2) is 0 Å². The summed E-state index contributed by atoms with van der Waals surface area (Å²) in [5.74, 6) is 2.90. The molecule has 4 aliphatic carbocycles. The Hall–Kier alpha value is -1.51. The predicted molar refractivity (Wildman–Crippen MR) is 80.3 cm³/mol. The molecule has 6 rings (SSSR count). The van der Waals surface area contributed by atoms with Crippen LogP contribution in [-0.2, 0) is 5.54 Å². The molecule has 2 aromatic rings. The van der Waals surface area contributed by atoms with Gasteiger partial charge < -0.3 is 10.3 Å². The zero-order chi connectivity index (χ0) is 13.3. The second-order valence-corrected chi connectivity index (χ2v) is 7.50. The van der Waals surface area contributed by atoms with Crippen molar-refractivity contribution in [3.63, 3.8) is 0 Å². The molecule has 4 fully saturated rings. The third-order valence-electron chi connectivity index (χ3n) is 6.09. The summed E-state index contributed by atoms with van der Waals surface area (Å²) in [5, 5.41) is 0. The zero-order valence-corrected chi connectivity index (χ0v) is 11.8. The summed E-state index contributed by atoms with van der Waals surface area (Å²) in [6, 6.07) is 6.18. The van der Waals surface area contributed by atoms with Crippen LogP contribution in [0, 0.1) is 17.8 Å². The molecule has 4 aliphatic rings. The highest BCUT2D eigenvalue weighted by Gasteiger charge is 2.52. The molecule has 4 bridgehead atoms. The van der Waals surface area contributed by atoms with E-state index in [0.29, 0.717) is 5.54 Å². The van der Waals surface area contributed by atoms with Crippen molar-refractivity contribution < 1.29 is 0 Å². The number of hydrogen-bond acceptors (Lipinski definition) is 2. The van der Waals surface area contributed by atoms with Crippen LogP contribution in [0.1, 0.15) is 38.5 Å². The third-order valence-corrected chi connectivity index (χ3v) is 6.09. The molecule has 104 valence electrons. The molecule has 0 saturated heterocycles. The van der Waals surface area contributed by atoms with Crippen molar-refractivity contribution in [3.8, 4) is 0 Å². The Morgan fingerprint density at radius 2 is 1.70 bits per heavy atom. The van der Waals surface area contributed by atoms with Crippen LogP contribution in [-0.4, -0.2) is 9.55 Å². The molecule has 0 amide bonds. The molecule has 1 heterocycles. The van der Waals surface area contributed by atoms with Crippen LogP contribution in [0.4, 0.5) is 5.69 Å². The summed E-state index contributed by atoms with van der Waals surface area (Å²) < 4.78 is 2.51. The first-order valence-electron chi connectivity index (χ1n) is 7.95. The Labute approximate surface area is 119 Å². The first-order valence-corrected chi connectivity index (χ1v) is 7.95. The Morgan fingerprint density at radius 3 is 2.35 bits per heavy atom. The van der Waals surface area contributed by atoms with E-state index in [9.17, 15) is 0 Å². The van der Waals surface area contributed by atoms with Gasteiger partial charge in [-0.3, -0.25) is 0 Å². The molecule has 0 unspecified atom stereocenters. The number of imidazole rings is 1. The van der Waals surface area contributed by atoms with Crippen molar-refractivity contribution >= 4 is 16.7 Å². The van der Waals surface area contributed by atoms with Gasteiger partial charge in [0.05, 0.1) is 17.4 Å². The number of nitrogens with two attached hydrogens (primary N) is 1. The fourth-order valence-electron chi connectivity index (χ4n) is 5.77. The van der Waals surface area contributed by atoms with Crippen LogP contribution in [0.15, 0.2) is 24.5 Å². The minimum atomic E-state index is 0.361. The molecule has 3 heteroatoms. The van der Waals surface area contributed by atoms with E-state index in [1.54, 1.807) is 0 Å². The number of aromatic nitrogens is 2. The Kier molecular flexibility index (Phi) is 2.00. The normalized spacial score (nSPS) is 38.7. The van der Waals surface area contributed by atoms with Crippen LogP contribution < -0.4 is 5.73 Å². The topological polar surface area (TPSA) is 43.8 Å². The van der Waals surface area contributed by atoms with Crippen LogP contribution in [0.3, 0.4) is 0 Å². The first kappa shape index (κ1) is 11.2. The molecule has 0 aliphatic heterocycles. The number of rotatable bonds is 1. The van der Waals surface area contributed by atoms with E-state index in [2.05, 4.69) is 21.9 Å². The Morgan fingerprint density at radius 1 is 1.05 bits per heavy atom. The van der Waals surface area contributed by atoms with Crippen molar-refractivity contribution in [3.05, 3.63) is 24.5 Å². The first-order chi connectivity index (χ1) is 9.72. The minimum Gasteiger partial charge on any atom is -0.399 e. The van der Waals surface area contributed by atoms with Gasteiger partial charge in [-0.15, -0.1) is 0 Å². The average molecular weight is 267 g/mol. The van der Waals surface area contributed by atoms with Crippen molar-refractivity contribution in [1.29, 1.82) is 0 Å². The van der Waals surface area contributed by atoms with Gasteiger partial charge >= 0.3 is 0 Å². The number of fused-ring (bicyclic) bond motifs is 1. The summed E-state index contributed by atoms with van der Waals surface area (Å²) >= 11 is 0. The lowest BCUT2D eigenvalue weighted by Gasteiger charge is -2.57. The van der Waals surface area contributed by atoms with Crippen LogP contribution in [0.5, 0.6) is 0 Å². The van der Waals surface area contributed by atoms with Crippen LogP contribution in [0.25, 0.3) is 11.0 Å². The Balaban J connectivity index is 1.67. The van der Waals surface area contributed by atoms with Gasteiger partial charge in [-0.05, 0) is 74.5 Å². The van der Waals surface area contributed by atoms with Crippen molar-refractivity contribution in [2.24, 2.45) is 17.8 Å². The predicted octanol–water partition coefficient (Wildman–Crippen LogP) is 3.54. The maximum atomic E-state index is 5.89. The maximum absolute atomic E-state index is 5.89. The van der Waals surface area contributed by atoms with Crippen LogP contribution >= 0.6 is 0 Å². The molecule has 3 nitrogen and oxygen atoms in total. The minimum absolute atomic E-state index is 0.361. The molecule has 0 spiro atoms. The molecular formula is C17H21N3. The van der Waals surface area contributed by atoms with E-state index in [1.165, 1.54) is 44.0 Å². The lowest BCUT2D eigenvalue weighted by atomic mass is 9.53. The van der Waals surface area contributed by atoms with Gasteiger partial charge in [0.25, 0.3) is 0 Å². The second-order valence-electron chi connectivity index (χ2n) is 7.50.